The van der Waals surface area contributed by atoms with Crippen LogP contribution >= 0.6 is 0 Å². The number of benzene rings is 1. The molecule has 3 rings (SSSR count). The fourth-order valence-electron chi connectivity index (χ4n) is 3.40. The second-order valence-electron chi connectivity index (χ2n) is 5.72. The van der Waals surface area contributed by atoms with E-state index in [1.807, 2.05) is 25.1 Å². The van der Waals surface area contributed by atoms with E-state index in [0.29, 0.717) is 18.6 Å². The first-order valence-corrected chi connectivity index (χ1v) is 7.64. The van der Waals surface area contributed by atoms with Gasteiger partial charge in [-0.1, -0.05) is 11.2 Å². The number of nitrogens with two attached hydrogens (primary N) is 1. The smallest absolute Gasteiger partial charge is 0.220 e. The lowest BCUT2D eigenvalue weighted by Crippen LogP contribution is -2.24. The molecule has 1 aliphatic carbocycles. The van der Waals surface area contributed by atoms with Crippen molar-refractivity contribution >= 4 is 11.7 Å². The van der Waals surface area contributed by atoms with Gasteiger partial charge in [-0.15, -0.1) is 0 Å². The highest BCUT2D eigenvalue weighted by Gasteiger charge is 2.32. The number of nitrogens with zero attached hydrogens (tertiary/aromatic N) is 3. The van der Waals surface area contributed by atoms with Crippen LogP contribution in [0, 0.1) is 6.92 Å². The molecule has 0 fully saturated rings. The second-order valence-corrected chi connectivity index (χ2v) is 5.72. The molecule has 2 aromatic rings. The second kappa shape index (κ2) is 6.35. The molecule has 1 aliphatic rings. The predicted molar refractivity (Wildman–Crippen MR) is 90.1 cm³/mol. The molecule has 1 unspecified atom stereocenters. The Kier molecular flexibility index (Phi) is 4.24. The van der Waals surface area contributed by atoms with Crippen molar-refractivity contribution in [2.75, 3.05) is 20.0 Å². The van der Waals surface area contributed by atoms with Crippen LogP contribution in [0.5, 0.6) is 11.5 Å². The Bertz CT molecular complexity index is 782. The number of methoxy groups -OCH3 is 2. The molecule has 1 aromatic carbocycles. The van der Waals surface area contributed by atoms with Gasteiger partial charge in [0.05, 0.1) is 31.3 Å². The number of hydrogen-bond acceptors (Lipinski definition) is 7. The normalized spacial score (nSPS) is 18.3. The van der Waals surface area contributed by atoms with E-state index in [1.165, 1.54) is 0 Å². The lowest BCUT2D eigenvalue weighted by molar-refractivity contribution is 0.316. The first-order chi connectivity index (χ1) is 11.6. The van der Waals surface area contributed by atoms with Crippen molar-refractivity contribution < 1.29 is 14.7 Å². The van der Waals surface area contributed by atoms with Gasteiger partial charge in [0, 0.05) is 23.5 Å². The highest BCUT2D eigenvalue weighted by atomic mass is 16.5. The molecule has 1 atom stereocenters. The fraction of sp³-hybridized carbons (Fsp3) is 0.353. The van der Waals surface area contributed by atoms with Gasteiger partial charge in [-0.3, -0.25) is 0 Å². The van der Waals surface area contributed by atoms with Crippen LogP contribution in [-0.4, -0.2) is 35.1 Å². The largest absolute Gasteiger partial charge is 0.496 e. The average molecular weight is 328 g/mol. The van der Waals surface area contributed by atoms with Gasteiger partial charge in [-0.2, -0.15) is 0 Å². The van der Waals surface area contributed by atoms with Crippen LogP contribution in [0.25, 0.3) is 0 Å². The summed E-state index contributed by atoms with van der Waals surface area (Å²) in [7, 11) is 3.25. The Morgan fingerprint density at radius 2 is 1.83 bits per heavy atom. The Morgan fingerprint density at radius 3 is 2.42 bits per heavy atom. The first kappa shape index (κ1) is 16.0. The summed E-state index contributed by atoms with van der Waals surface area (Å²) < 4.78 is 11.0. The number of aromatic nitrogens is 2. The van der Waals surface area contributed by atoms with Crippen molar-refractivity contribution in [2.24, 2.45) is 5.16 Å². The molecule has 1 aromatic heterocycles. The minimum Gasteiger partial charge on any atom is -0.496 e. The van der Waals surface area contributed by atoms with Crippen LogP contribution in [0.1, 0.15) is 34.9 Å². The van der Waals surface area contributed by atoms with Crippen molar-refractivity contribution in [3.05, 3.63) is 40.7 Å². The summed E-state index contributed by atoms with van der Waals surface area (Å²) in [6, 6.07) is 5.66. The van der Waals surface area contributed by atoms with E-state index in [4.69, 9.17) is 15.2 Å². The average Bonchev–Trinajstić information content (AvgIpc) is 2.59. The molecule has 0 amide bonds. The first-order valence-electron chi connectivity index (χ1n) is 7.64. The van der Waals surface area contributed by atoms with E-state index in [1.54, 1.807) is 14.2 Å². The quantitative estimate of drug-likeness (QED) is 0.662. The van der Waals surface area contributed by atoms with E-state index in [0.717, 1.165) is 34.0 Å². The van der Waals surface area contributed by atoms with Crippen molar-refractivity contribution in [3.63, 3.8) is 0 Å². The molecule has 0 bridgehead atoms. The maximum Gasteiger partial charge on any atom is 0.220 e. The van der Waals surface area contributed by atoms with E-state index in [9.17, 15) is 5.21 Å². The molecule has 0 saturated heterocycles. The summed E-state index contributed by atoms with van der Waals surface area (Å²) >= 11 is 0. The molecule has 126 valence electrons. The molecular formula is C17H20N4O3. The number of ether oxygens (including phenoxy) is 2. The summed E-state index contributed by atoms with van der Waals surface area (Å²) in [4.78, 5) is 8.53. The molecule has 0 spiro atoms. The number of nitrogen functional groups attached to an aromatic ring is 1. The van der Waals surface area contributed by atoms with Crippen LogP contribution in [-0.2, 0) is 6.42 Å². The van der Waals surface area contributed by atoms with E-state index < -0.39 is 0 Å². The molecule has 3 N–H and O–H groups in total. The van der Waals surface area contributed by atoms with Crippen molar-refractivity contribution in [1.29, 1.82) is 0 Å². The van der Waals surface area contributed by atoms with Gasteiger partial charge in [0.25, 0.3) is 0 Å². The molecule has 1 heterocycles. The minimum atomic E-state index is 0.00296. The molecule has 0 aliphatic heterocycles. The monoisotopic (exact) mass is 328 g/mol. The third kappa shape index (κ3) is 2.62. The highest BCUT2D eigenvalue weighted by molar-refractivity contribution is 6.03. The van der Waals surface area contributed by atoms with Crippen molar-refractivity contribution in [1.82, 2.24) is 9.97 Å². The summed E-state index contributed by atoms with van der Waals surface area (Å²) in [5.41, 5.74) is 9.54. The molecule has 7 heteroatoms. The number of hydrogen-bond donors (Lipinski definition) is 2. The zero-order valence-electron chi connectivity index (χ0n) is 13.9. The summed E-state index contributed by atoms with van der Waals surface area (Å²) in [5, 5.41) is 13.0. The number of anilines is 1. The molecule has 0 radical (unpaired) electrons. The molecule has 24 heavy (non-hydrogen) atoms. The van der Waals surface area contributed by atoms with Gasteiger partial charge in [0.15, 0.2) is 0 Å². The minimum absolute atomic E-state index is 0.00296. The lowest BCUT2D eigenvalue weighted by atomic mass is 9.80. The summed E-state index contributed by atoms with van der Waals surface area (Å²) in [5.74, 6) is 1.69. The van der Waals surface area contributed by atoms with Crippen LogP contribution in [0.4, 0.5) is 5.95 Å². The fourth-order valence-corrected chi connectivity index (χ4v) is 3.40. The number of oxime groups is 1. The van der Waals surface area contributed by atoms with E-state index in [-0.39, 0.29) is 11.9 Å². The topological polar surface area (TPSA) is 103 Å². The van der Waals surface area contributed by atoms with Crippen molar-refractivity contribution in [2.45, 2.75) is 25.7 Å². The van der Waals surface area contributed by atoms with Gasteiger partial charge in [-0.25, -0.2) is 9.97 Å². The standard InChI is InChI=1S/C17H20N4O3/c1-9-15-11(20-17(18)19-9)7-10(8-12(15)21-22)16-13(23-2)5-4-6-14(16)24-3/h4-6,10,22H,7-8H2,1-3H3,(H2,18,19,20). The van der Waals surface area contributed by atoms with Crippen LogP contribution in [0.3, 0.4) is 0 Å². The Hall–Kier alpha value is -2.83. The molecular weight excluding hydrogens is 308 g/mol. The van der Waals surface area contributed by atoms with Crippen LogP contribution in [0.15, 0.2) is 23.4 Å². The maximum absolute atomic E-state index is 9.49. The zero-order valence-corrected chi connectivity index (χ0v) is 13.9. The van der Waals surface area contributed by atoms with E-state index in [2.05, 4.69) is 15.1 Å². The van der Waals surface area contributed by atoms with Crippen LogP contribution in [0.2, 0.25) is 0 Å². The maximum atomic E-state index is 9.49. The van der Waals surface area contributed by atoms with Gasteiger partial charge in [-0.05, 0) is 25.5 Å². The number of rotatable bonds is 3. The summed E-state index contributed by atoms with van der Waals surface area (Å²) in [6.45, 7) is 1.84. The summed E-state index contributed by atoms with van der Waals surface area (Å²) in [6.07, 6.45) is 1.17. The molecule has 0 saturated carbocycles. The SMILES string of the molecule is COc1cccc(OC)c1C1CC(=NO)c2c(C)nc(N)nc2C1. The lowest BCUT2D eigenvalue weighted by Gasteiger charge is -2.28. The van der Waals surface area contributed by atoms with E-state index >= 15 is 0 Å². The number of aryl methyl sites for hydroxylation is 1. The third-order valence-corrected chi connectivity index (χ3v) is 4.35. The third-order valence-electron chi connectivity index (χ3n) is 4.35. The molecule has 7 nitrogen and oxygen atoms in total. The van der Waals surface area contributed by atoms with Crippen molar-refractivity contribution in [3.8, 4) is 11.5 Å². The zero-order chi connectivity index (χ0) is 17.3. The van der Waals surface area contributed by atoms with Gasteiger partial charge < -0.3 is 20.4 Å². The number of fused-ring (bicyclic) bond motifs is 1. The van der Waals surface area contributed by atoms with Gasteiger partial charge in [0.1, 0.15) is 11.5 Å². The Morgan fingerprint density at radius 1 is 1.17 bits per heavy atom. The Labute approximate surface area is 140 Å². The van der Waals surface area contributed by atoms with Gasteiger partial charge >= 0.3 is 0 Å². The highest BCUT2D eigenvalue weighted by Crippen LogP contribution is 2.42. The van der Waals surface area contributed by atoms with Crippen LogP contribution < -0.4 is 15.2 Å². The Balaban J connectivity index is 2.13. The predicted octanol–water partition coefficient (Wildman–Crippen LogP) is 2.29. The van der Waals surface area contributed by atoms with Gasteiger partial charge in [0.2, 0.25) is 5.95 Å².